The molecule has 122 valence electrons. The van der Waals surface area contributed by atoms with Gasteiger partial charge in [0.1, 0.15) is 0 Å². The summed E-state index contributed by atoms with van der Waals surface area (Å²) in [6.07, 6.45) is 1.99. The van der Waals surface area contributed by atoms with Crippen molar-refractivity contribution in [3.8, 4) is 11.5 Å². The molecule has 0 spiro atoms. The van der Waals surface area contributed by atoms with Crippen LogP contribution in [0.25, 0.3) is 0 Å². The highest BCUT2D eigenvalue weighted by Crippen LogP contribution is 2.28. The van der Waals surface area contributed by atoms with Gasteiger partial charge in [0.2, 0.25) is 5.91 Å². The Morgan fingerprint density at radius 2 is 1.91 bits per heavy atom. The van der Waals surface area contributed by atoms with E-state index in [0.29, 0.717) is 23.7 Å². The molecule has 6 nitrogen and oxygen atoms in total. The van der Waals surface area contributed by atoms with Crippen molar-refractivity contribution in [2.24, 2.45) is 5.92 Å². The van der Waals surface area contributed by atoms with E-state index < -0.39 is 5.91 Å². The van der Waals surface area contributed by atoms with E-state index in [0.717, 1.165) is 12.8 Å². The maximum Gasteiger partial charge on any atom is 0.269 e. The van der Waals surface area contributed by atoms with Crippen LogP contribution in [-0.2, 0) is 4.79 Å². The summed E-state index contributed by atoms with van der Waals surface area (Å²) in [5.74, 6) is 0.217. The topological polar surface area (TPSA) is 76.7 Å². The fraction of sp³-hybridized carbons (Fsp3) is 0.500. The van der Waals surface area contributed by atoms with Crippen molar-refractivity contribution < 1.29 is 19.1 Å². The lowest BCUT2D eigenvalue weighted by Gasteiger charge is -2.13. The first-order valence-electron chi connectivity index (χ1n) is 7.40. The highest BCUT2D eigenvalue weighted by atomic mass is 16.5. The normalized spacial score (nSPS) is 10.2. The van der Waals surface area contributed by atoms with Crippen LogP contribution < -0.4 is 20.3 Å². The lowest BCUT2D eigenvalue weighted by atomic mass is 10.2. The van der Waals surface area contributed by atoms with Crippen LogP contribution in [-0.4, -0.2) is 25.5 Å². The number of hydrogen-bond donors (Lipinski definition) is 2. The monoisotopic (exact) mass is 308 g/mol. The zero-order valence-corrected chi connectivity index (χ0v) is 13.6. The van der Waals surface area contributed by atoms with E-state index in [-0.39, 0.29) is 11.8 Å². The van der Waals surface area contributed by atoms with Crippen LogP contribution in [0.4, 0.5) is 0 Å². The summed E-state index contributed by atoms with van der Waals surface area (Å²) in [5.41, 5.74) is 5.11. The Balaban J connectivity index is 2.71. The van der Waals surface area contributed by atoms with Gasteiger partial charge in [0.25, 0.3) is 5.91 Å². The van der Waals surface area contributed by atoms with Crippen molar-refractivity contribution in [2.45, 2.75) is 33.6 Å². The third-order valence-electron chi connectivity index (χ3n) is 3.00. The van der Waals surface area contributed by atoms with Gasteiger partial charge in [0, 0.05) is 11.5 Å². The average molecular weight is 308 g/mol. The summed E-state index contributed by atoms with van der Waals surface area (Å²) in [5, 5.41) is 0. The summed E-state index contributed by atoms with van der Waals surface area (Å²) >= 11 is 0. The zero-order valence-electron chi connectivity index (χ0n) is 13.6. The summed E-state index contributed by atoms with van der Waals surface area (Å²) in [6.45, 7) is 6.17. The predicted octanol–water partition coefficient (Wildman–Crippen LogP) is 2.29. The first-order valence-corrected chi connectivity index (χ1v) is 7.40. The maximum atomic E-state index is 12.0. The van der Waals surface area contributed by atoms with Crippen LogP contribution in [0.3, 0.4) is 0 Å². The summed E-state index contributed by atoms with van der Waals surface area (Å²) in [7, 11) is 1.52. The Kier molecular flexibility index (Phi) is 7.22. The molecule has 1 aromatic rings. The Bertz CT molecular complexity index is 515. The van der Waals surface area contributed by atoms with Crippen molar-refractivity contribution in [1.29, 1.82) is 0 Å². The molecule has 0 unspecified atom stereocenters. The number of benzene rings is 1. The van der Waals surface area contributed by atoms with Gasteiger partial charge in [0.05, 0.1) is 13.7 Å². The molecule has 2 amide bonds. The predicted molar refractivity (Wildman–Crippen MR) is 83.8 cm³/mol. The highest BCUT2D eigenvalue weighted by molar-refractivity contribution is 5.96. The summed E-state index contributed by atoms with van der Waals surface area (Å²) in [4.78, 5) is 23.4. The number of hydrogen-bond acceptors (Lipinski definition) is 4. The molecule has 0 saturated carbocycles. The van der Waals surface area contributed by atoms with Gasteiger partial charge in [-0.15, -0.1) is 0 Å². The van der Waals surface area contributed by atoms with Crippen LogP contribution in [0.2, 0.25) is 0 Å². The average Bonchev–Trinajstić information content (AvgIpc) is 2.52. The lowest BCUT2D eigenvalue weighted by Crippen LogP contribution is -2.43. The van der Waals surface area contributed by atoms with Crippen LogP contribution in [0.15, 0.2) is 18.2 Å². The Hall–Kier alpha value is -2.24. The SMILES string of the molecule is CCCCOc1ccc(C(=O)NNC(=O)C(C)C)cc1OC. The maximum absolute atomic E-state index is 12.0. The molecule has 0 aliphatic rings. The zero-order chi connectivity index (χ0) is 16.5. The lowest BCUT2D eigenvalue weighted by molar-refractivity contribution is -0.124. The molecule has 0 saturated heterocycles. The molecule has 0 fully saturated rings. The molecule has 2 N–H and O–H groups in total. The van der Waals surface area contributed by atoms with Gasteiger partial charge in [-0.05, 0) is 24.6 Å². The van der Waals surface area contributed by atoms with E-state index in [2.05, 4.69) is 17.8 Å². The summed E-state index contributed by atoms with van der Waals surface area (Å²) in [6, 6.07) is 4.90. The number of rotatable bonds is 7. The van der Waals surface area contributed by atoms with Crippen molar-refractivity contribution in [1.82, 2.24) is 10.9 Å². The molecule has 0 atom stereocenters. The molecule has 1 aromatic carbocycles. The number of amides is 2. The second-order valence-corrected chi connectivity index (χ2v) is 5.17. The van der Waals surface area contributed by atoms with E-state index in [1.54, 1.807) is 32.0 Å². The van der Waals surface area contributed by atoms with Gasteiger partial charge in [0.15, 0.2) is 11.5 Å². The van der Waals surface area contributed by atoms with E-state index in [1.807, 2.05) is 0 Å². The van der Waals surface area contributed by atoms with Crippen molar-refractivity contribution in [3.63, 3.8) is 0 Å². The van der Waals surface area contributed by atoms with E-state index >= 15 is 0 Å². The minimum atomic E-state index is -0.410. The highest BCUT2D eigenvalue weighted by Gasteiger charge is 2.13. The Labute approximate surface area is 131 Å². The van der Waals surface area contributed by atoms with Crippen LogP contribution in [0.1, 0.15) is 44.0 Å². The molecule has 0 aliphatic heterocycles. The molecule has 22 heavy (non-hydrogen) atoms. The molecule has 6 heteroatoms. The third-order valence-corrected chi connectivity index (χ3v) is 3.00. The molecule has 0 bridgehead atoms. The molecular weight excluding hydrogens is 284 g/mol. The van der Waals surface area contributed by atoms with E-state index in [1.165, 1.54) is 7.11 Å². The first-order chi connectivity index (χ1) is 10.5. The second kappa shape index (κ2) is 8.92. The molecule has 0 aliphatic carbocycles. The minimum absolute atomic E-state index is 0.204. The van der Waals surface area contributed by atoms with Gasteiger partial charge in [-0.3, -0.25) is 20.4 Å². The van der Waals surface area contributed by atoms with Gasteiger partial charge < -0.3 is 9.47 Å². The number of carbonyl (C=O) groups is 2. The molecule has 1 rings (SSSR count). The smallest absolute Gasteiger partial charge is 0.269 e. The standard InChI is InChI=1S/C16H24N2O4/c1-5-6-9-22-13-8-7-12(10-14(13)21-4)16(20)18-17-15(19)11(2)3/h7-8,10-11H,5-6,9H2,1-4H3,(H,17,19)(H,18,20). The largest absolute Gasteiger partial charge is 0.493 e. The molecular formula is C16H24N2O4. The minimum Gasteiger partial charge on any atom is -0.493 e. The van der Waals surface area contributed by atoms with Gasteiger partial charge in [-0.25, -0.2) is 0 Å². The Morgan fingerprint density at radius 3 is 2.50 bits per heavy atom. The number of carbonyl (C=O) groups excluding carboxylic acids is 2. The van der Waals surface area contributed by atoms with E-state index in [9.17, 15) is 9.59 Å². The second-order valence-electron chi connectivity index (χ2n) is 5.17. The quantitative estimate of drug-likeness (QED) is 0.598. The fourth-order valence-corrected chi connectivity index (χ4v) is 1.59. The first kappa shape index (κ1) is 17.8. The molecule has 0 heterocycles. The van der Waals surface area contributed by atoms with Crippen LogP contribution >= 0.6 is 0 Å². The Morgan fingerprint density at radius 1 is 1.18 bits per heavy atom. The van der Waals surface area contributed by atoms with Crippen LogP contribution in [0.5, 0.6) is 11.5 Å². The molecule has 0 aromatic heterocycles. The molecule has 0 radical (unpaired) electrons. The van der Waals surface area contributed by atoms with Gasteiger partial charge >= 0.3 is 0 Å². The van der Waals surface area contributed by atoms with Crippen molar-refractivity contribution >= 4 is 11.8 Å². The number of hydrazine groups is 1. The van der Waals surface area contributed by atoms with Gasteiger partial charge in [-0.2, -0.15) is 0 Å². The number of methoxy groups -OCH3 is 1. The van der Waals surface area contributed by atoms with Crippen molar-refractivity contribution in [3.05, 3.63) is 23.8 Å². The van der Waals surface area contributed by atoms with Crippen molar-refractivity contribution in [2.75, 3.05) is 13.7 Å². The number of nitrogens with one attached hydrogen (secondary N) is 2. The summed E-state index contributed by atoms with van der Waals surface area (Å²) < 4.78 is 10.8. The fourth-order valence-electron chi connectivity index (χ4n) is 1.59. The number of ether oxygens (including phenoxy) is 2. The van der Waals surface area contributed by atoms with E-state index in [4.69, 9.17) is 9.47 Å². The van der Waals surface area contributed by atoms with Crippen LogP contribution in [0, 0.1) is 5.92 Å². The van der Waals surface area contributed by atoms with Gasteiger partial charge in [-0.1, -0.05) is 27.2 Å². The third kappa shape index (κ3) is 5.27. The number of unbranched alkanes of at least 4 members (excludes halogenated alkanes) is 1.